The molecule has 0 fully saturated rings. The summed E-state index contributed by atoms with van der Waals surface area (Å²) in [7, 11) is 0. The van der Waals surface area contributed by atoms with Gasteiger partial charge in [-0.15, -0.1) is 0 Å². The lowest BCUT2D eigenvalue weighted by molar-refractivity contribution is -0.137. The van der Waals surface area contributed by atoms with Crippen molar-refractivity contribution in [2.24, 2.45) is 5.73 Å². The normalized spacial score (nSPS) is 14.4. The second kappa shape index (κ2) is 5.61. The Bertz CT molecular complexity index is 368. The molecule has 1 aromatic rings. The summed E-state index contributed by atoms with van der Waals surface area (Å²) < 4.78 is 13.5. The van der Waals surface area contributed by atoms with Gasteiger partial charge in [0, 0.05) is 12.0 Å². The van der Waals surface area contributed by atoms with E-state index >= 15 is 0 Å². The zero-order valence-corrected chi connectivity index (χ0v) is 9.19. The van der Waals surface area contributed by atoms with Crippen molar-refractivity contribution in [3.8, 4) is 0 Å². The number of carboxylic acid groups (broad SMARTS) is 1. The lowest BCUT2D eigenvalue weighted by Crippen LogP contribution is -2.30. The van der Waals surface area contributed by atoms with Crippen LogP contribution in [0.4, 0.5) is 4.39 Å². The molecule has 0 aliphatic rings. The van der Waals surface area contributed by atoms with Crippen molar-refractivity contribution in [3.05, 3.63) is 35.6 Å². The number of benzene rings is 1. The number of halogens is 1. The number of hydrogen-bond acceptors (Lipinski definition) is 2. The third kappa shape index (κ3) is 3.03. The van der Waals surface area contributed by atoms with Gasteiger partial charge in [-0.3, -0.25) is 4.79 Å². The molecule has 0 aliphatic carbocycles. The molecule has 0 saturated carbocycles. The lowest BCUT2D eigenvalue weighted by atomic mass is 9.87. The summed E-state index contributed by atoms with van der Waals surface area (Å²) in [5.74, 6) is -1.82. The summed E-state index contributed by atoms with van der Waals surface area (Å²) in [6.45, 7) is 1.86. The van der Waals surface area contributed by atoms with Crippen LogP contribution >= 0.6 is 0 Å². The third-order valence-corrected chi connectivity index (χ3v) is 2.69. The summed E-state index contributed by atoms with van der Waals surface area (Å²) in [6.07, 6.45) is 0.474. The maximum absolute atomic E-state index is 13.5. The van der Waals surface area contributed by atoms with Crippen LogP contribution in [0.15, 0.2) is 24.3 Å². The van der Waals surface area contributed by atoms with Crippen molar-refractivity contribution in [1.82, 2.24) is 0 Å². The lowest BCUT2D eigenvalue weighted by Gasteiger charge is -2.22. The van der Waals surface area contributed by atoms with E-state index < -0.39 is 17.7 Å². The zero-order chi connectivity index (χ0) is 12.1. The Morgan fingerprint density at radius 2 is 2.12 bits per heavy atom. The molecule has 0 spiro atoms. The molecule has 1 rings (SSSR count). The van der Waals surface area contributed by atoms with Gasteiger partial charge in [-0.05, 0) is 18.1 Å². The van der Waals surface area contributed by atoms with E-state index in [1.54, 1.807) is 18.2 Å². The van der Waals surface area contributed by atoms with Crippen molar-refractivity contribution < 1.29 is 14.3 Å². The second-order valence-electron chi connectivity index (χ2n) is 3.80. The highest BCUT2D eigenvalue weighted by molar-refractivity contribution is 5.68. The Morgan fingerprint density at radius 1 is 1.50 bits per heavy atom. The van der Waals surface area contributed by atoms with Gasteiger partial charge >= 0.3 is 5.97 Å². The molecular weight excluding hydrogens is 209 g/mol. The molecule has 1 aromatic carbocycles. The van der Waals surface area contributed by atoms with Crippen molar-refractivity contribution in [2.45, 2.75) is 31.7 Å². The molecule has 0 aliphatic heterocycles. The zero-order valence-electron chi connectivity index (χ0n) is 9.19. The molecule has 0 bridgehead atoms. The second-order valence-corrected chi connectivity index (χ2v) is 3.80. The fourth-order valence-electron chi connectivity index (χ4n) is 1.74. The van der Waals surface area contributed by atoms with Crippen LogP contribution in [0.5, 0.6) is 0 Å². The summed E-state index contributed by atoms with van der Waals surface area (Å²) in [6, 6.07) is 5.85. The Balaban J connectivity index is 3.01. The Morgan fingerprint density at radius 3 is 2.62 bits per heavy atom. The molecule has 2 unspecified atom stereocenters. The van der Waals surface area contributed by atoms with Crippen LogP contribution in [-0.2, 0) is 4.79 Å². The highest BCUT2D eigenvalue weighted by Crippen LogP contribution is 2.26. The number of hydrogen-bond donors (Lipinski definition) is 2. The standard InChI is InChI=1S/C12H16FNO2/c1-2-11(14)9(7-12(15)16)8-5-3-4-6-10(8)13/h3-6,9,11H,2,7,14H2,1H3,(H,15,16). The van der Waals surface area contributed by atoms with Crippen LogP contribution < -0.4 is 5.73 Å². The van der Waals surface area contributed by atoms with Crippen molar-refractivity contribution in [3.63, 3.8) is 0 Å². The first-order valence-electron chi connectivity index (χ1n) is 5.28. The molecule has 0 aromatic heterocycles. The molecule has 0 heterocycles. The average molecular weight is 225 g/mol. The van der Waals surface area contributed by atoms with Crippen LogP contribution in [0.25, 0.3) is 0 Å². The monoisotopic (exact) mass is 225 g/mol. The molecule has 0 amide bonds. The Hall–Kier alpha value is -1.42. The molecular formula is C12H16FNO2. The van der Waals surface area contributed by atoms with Gasteiger partial charge in [0.1, 0.15) is 5.82 Å². The molecule has 0 saturated heterocycles. The summed E-state index contributed by atoms with van der Waals surface area (Å²) in [5, 5.41) is 8.80. The van der Waals surface area contributed by atoms with E-state index in [0.717, 1.165) is 0 Å². The van der Waals surface area contributed by atoms with Gasteiger partial charge in [-0.25, -0.2) is 4.39 Å². The van der Waals surface area contributed by atoms with Crippen LogP contribution in [-0.4, -0.2) is 17.1 Å². The molecule has 3 N–H and O–H groups in total. The van der Waals surface area contributed by atoms with E-state index in [0.29, 0.717) is 12.0 Å². The average Bonchev–Trinajstić information content (AvgIpc) is 2.26. The van der Waals surface area contributed by atoms with Crippen molar-refractivity contribution >= 4 is 5.97 Å². The topological polar surface area (TPSA) is 63.3 Å². The SMILES string of the molecule is CCC(N)C(CC(=O)O)c1ccccc1F. The summed E-state index contributed by atoms with van der Waals surface area (Å²) in [4.78, 5) is 10.7. The van der Waals surface area contributed by atoms with Gasteiger partial charge in [0.05, 0.1) is 6.42 Å². The van der Waals surface area contributed by atoms with Gasteiger partial charge in [0.25, 0.3) is 0 Å². The number of nitrogens with two attached hydrogens (primary N) is 1. The predicted octanol–water partition coefficient (Wildman–Crippen LogP) is 2.12. The van der Waals surface area contributed by atoms with Crippen LogP contribution in [0.2, 0.25) is 0 Å². The number of rotatable bonds is 5. The van der Waals surface area contributed by atoms with E-state index in [9.17, 15) is 9.18 Å². The first-order valence-corrected chi connectivity index (χ1v) is 5.28. The van der Waals surface area contributed by atoms with Gasteiger partial charge in [0.15, 0.2) is 0 Å². The Kier molecular flexibility index (Phi) is 4.43. The minimum Gasteiger partial charge on any atom is -0.481 e. The van der Waals surface area contributed by atoms with Gasteiger partial charge < -0.3 is 10.8 Å². The van der Waals surface area contributed by atoms with Gasteiger partial charge in [-0.2, -0.15) is 0 Å². The smallest absolute Gasteiger partial charge is 0.304 e. The fourth-order valence-corrected chi connectivity index (χ4v) is 1.74. The largest absolute Gasteiger partial charge is 0.481 e. The first-order chi connectivity index (χ1) is 7.56. The minimum atomic E-state index is -0.961. The van der Waals surface area contributed by atoms with Crippen LogP contribution in [0.1, 0.15) is 31.2 Å². The van der Waals surface area contributed by atoms with Crippen LogP contribution in [0.3, 0.4) is 0 Å². The molecule has 3 nitrogen and oxygen atoms in total. The fraction of sp³-hybridized carbons (Fsp3) is 0.417. The molecule has 88 valence electrons. The molecule has 4 heteroatoms. The van der Waals surface area contributed by atoms with E-state index in [1.807, 2.05) is 6.92 Å². The minimum absolute atomic E-state index is 0.143. The maximum atomic E-state index is 13.5. The van der Waals surface area contributed by atoms with E-state index in [-0.39, 0.29) is 12.5 Å². The number of aliphatic carboxylic acids is 1. The van der Waals surface area contributed by atoms with E-state index in [1.165, 1.54) is 6.07 Å². The number of carbonyl (C=O) groups is 1. The summed E-state index contributed by atoms with van der Waals surface area (Å²) >= 11 is 0. The number of carboxylic acids is 1. The van der Waals surface area contributed by atoms with E-state index in [4.69, 9.17) is 10.8 Å². The Labute approximate surface area is 94.1 Å². The predicted molar refractivity (Wildman–Crippen MR) is 59.7 cm³/mol. The third-order valence-electron chi connectivity index (χ3n) is 2.69. The quantitative estimate of drug-likeness (QED) is 0.806. The van der Waals surface area contributed by atoms with Gasteiger partial charge in [-0.1, -0.05) is 25.1 Å². The van der Waals surface area contributed by atoms with Crippen molar-refractivity contribution in [2.75, 3.05) is 0 Å². The molecule has 2 atom stereocenters. The van der Waals surface area contributed by atoms with E-state index in [2.05, 4.69) is 0 Å². The van der Waals surface area contributed by atoms with Crippen LogP contribution in [0, 0.1) is 5.82 Å². The summed E-state index contributed by atoms with van der Waals surface area (Å²) in [5.41, 5.74) is 6.22. The van der Waals surface area contributed by atoms with Crippen molar-refractivity contribution in [1.29, 1.82) is 0 Å². The highest BCUT2D eigenvalue weighted by Gasteiger charge is 2.23. The molecule has 0 radical (unpaired) electrons. The first kappa shape index (κ1) is 12.6. The highest BCUT2D eigenvalue weighted by atomic mass is 19.1. The maximum Gasteiger partial charge on any atom is 0.304 e. The molecule has 16 heavy (non-hydrogen) atoms. The van der Waals surface area contributed by atoms with Gasteiger partial charge in [0.2, 0.25) is 0 Å².